The Kier molecular flexibility index (Phi) is 12.7. The van der Waals surface area contributed by atoms with Gasteiger partial charge in [0.15, 0.2) is 6.21 Å². The first-order valence-electron chi connectivity index (χ1n) is 8.09. The van der Waals surface area contributed by atoms with Crippen LogP contribution in [0.1, 0.15) is 39.5 Å². The van der Waals surface area contributed by atoms with Crippen molar-refractivity contribution >= 4 is 6.21 Å². The summed E-state index contributed by atoms with van der Waals surface area (Å²) in [5.41, 5.74) is -0.0303. The van der Waals surface area contributed by atoms with Crippen molar-refractivity contribution in [3.05, 3.63) is 23.7 Å². The lowest BCUT2D eigenvalue weighted by molar-refractivity contribution is -0.523. The number of nitrogens with zero attached hydrogens (tertiary/aromatic N) is 2. The molecule has 0 saturated heterocycles. The van der Waals surface area contributed by atoms with E-state index in [9.17, 15) is 5.11 Å². The van der Waals surface area contributed by atoms with Crippen LogP contribution in [0.4, 0.5) is 0 Å². The molecule has 0 aliphatic carbocycles. The summed E-state index contributed by atoms with van der Waals surface area (Å²) in [6.07, 6.45) is 8.41. The Labute approximate surface area is 138 Å². The zero-order chi connectivity index (χ0) is 17.5. The van der Waals surface area contributed by atoms with Gasteiger partial charge in [-0.1, -0.05) is 26.7 Å². The summed E-state index contributed by atoms with van der Waals surface area (Å²) in [7, 11) is 0. The van der Waals surface area contributed by atoms with Crippen molar-refractivity contribution in [1.29, 1.82) is 5.26 Å². The van der Waals surface area contributed by atoms with Gasteiger partial charge in [0.25, 0.3) is 5.95 Å². The van der Waals surface area contributed by atoms with Crippen molar-refractivity contribution in [2.45, 2.75) is 45.6 Å². The molecule has 6 heteroatoms. The highest BCUT2D eigenvalue weighted by atomic mass is 16.6. The molecule has 0 aliphatic rings. The molecule has 0 radical (unpaired) electrons. The van der Waals surface area contributed by atoms with Crippen molar-refractivity contribution in [3.63, 3.8) is 0 Å². The third-order valence-corrected chi connectivity index (χ3v) is 3.13. The summed E-state index contributed by atoms with van der Waals surface area (Å²) < 4.78 is 7.05. The van der Waals surface area contributed by atoms with Gasteiger partial charge in [-0.25, -0.2) is 4.58 Å². The average molecular weight is 325 g/mol. The highest BCUT2D eigenvalue weighted by molar-refractivity contribution is 5.67. The smallest absolute Gasteiger partial charge is 0.295 e. The summed E-state index contributed by atoms with van der Waals surface area (Å²) in [6.45, 7) is 5.45. The van der Waals surface area contributed by atoms with E-state index in [1.54, 1.807) is 6.08 Å². The Bertz CT molecular complexity index is 440. The van der Waals surface area contributed by atoms with Crippen molar-refractivity contribution in [3.8, 4) is 6.07 Å². The second kappa shape index (κ2) is 13.8. The van der Waals surface area contributed by atoms with Crippen LogP contribution in [0.15, 0.2) is 23.7 Å². The van der Waals surface area contributed by atoms with Crippen LogP contribution in [0.5, 0.6) is 0 Å². The second-order valence-corrected chi connectivity index (χ2v) is 5.23. The van der Waals surface area contributed by atoms with Crippen LogP contribution >= 0.6 is 0 Å². The van der Waals surface area contributed by atoms with Crippen LogP contribution in [0.25, 0.3) is 0 Å². The lowest BCUT2D eigenvalue weighted by Gasteiger charge is -2.08. The number of ether oxygens (including phenoxy) is 1. The summed E-state index contributed by atoms with van der Waals surface area (Å²) in [5.74, 6) is -0.557. The quantitative estimate of drug-likeness (QED) is 0.167. The van der Waals surface area contributed by atoms with Crippen LogP contribution in [-0.2, 0) is 4.74 Å². The van der Waals surface area contributed by atoms with Gasteiger partial charge in [0, 0.05) is 18.9 Å². The van der Waals surface area contributed by atoms with Crippen molar-refractivity contribution < 1.29 is 24.6 Å². The maximum atomic E-state index is 9.66. The molecule has 0 rings (SSSR count). The molecule has 1 unspecified atom stereocenters. The van der Waals surface area contributed by atoms with Crippen LogP contribution in [0, 0.1) is 11.3 Å². The minimum atomic E-state index is -1.09. The molecular formula is C17H29N2O4+. The standard InChI is InChI=1S/C17H28N2O4/c1-3-5-9-19(10-6-4-2)11-7-8-15(12-18)17(22)23-14-16(21)13-20/h7-8,11,16,20-21H,3-6,9-10,13-14H2,1-2H3/p+1. The normalized spacial score (nSPS) is 13.3. The monoisotopic (exact) mass is 325 g/mol. The lowest BCUT2D eigenvalue weighted by Crippen LogP contribution is -2.19. The Morgan fingerprint density at radius 1 is 1.26 bits per heavy atom. The zero-order valence-corrected chi connectivity index (χ0v) is 14.1. The summed E-state index contributed by atoms with van der Waals surface area (Å²) >= 11 is 0. The van der Waals surface area contributed by atoms with Gasteiger partial charge in [0.2, 0.25) is 0 Å². The fourth-order valence-corrected chi connectivity index (χ4v) is 1.71. The third kappa shape index (κ3) is 10.5. The first kappa shape index (κ1) is 21.2. The minimum Gasteiger partial charge on any atom is -0.480 e. The Hall–Kier alpha value is -1.84. The molecule has 0 saturated carbocycles. The van der Waals surface area contributed by atoms with Gasteiger partial charge in [-0.05, 0) is 6.08 Å². The van der Waals surface area contributed by atoms with Crippen LogP contribution < -0.4 is 0 Å². The molecule has 0 aromatic carbocycles. The van der Waals surface area contributed by atoms with Gasteiger partial charge in [0.1, 0.15) is 37.4 Å². The van der Waals surface area contributed by atoms with E-state index in [0.717, 1.165) is 38.8 Å². The first-order valence-corrected chi connectivity index (χ1v) is 8.09. The van der Waals surface area contributed by atoms with E-state index < -0.39 is 18.7 Å². The van der Waals surface area contributed by atoms with Gasteiger partial charge in [-0.15, -0.1) is 0 Å². The lowest BCUT2D eigenvalue weighted by atomic mass is 10.2. The first-order chi connectivity index (χ1) is 11.1. The van der Waals surface area contributed by atoms with E-state index in [1.807, 2.05) is 12.3 Å². The molecule has 0 bridgehead atoms. The van der Waals surface area contributed by atoms with Crippen molar-refractivity contribution in [2.75, 3.05) is 26.3 Å². The third-order valence-electron chi connectivity index (χ3n) is 3.13. The van der Waals surface area contributed by atoms with E-state index in [4.69, 9.17) is 20.2 Å². The van der Waals surface area contributed by atoms with Gasteiger partial charge >= 0.3 is 0 Å². The van der Waals surface area contributed by atoms with Gasteiger partial charge in [0.05, 0.1) is 6.61 Å². The van der Waals surface area contributed by atoms with Crippen molar-refractivity contribution in [1.82, 2.24) is 0 Å². The maximum Gasteiger partial charge on any atom is 0.295 e. The molecule has 3 N–H and O–H groups in total. The fourth-order valence-electron chi connectivity index (χ4n) is 1.71. The highest BCUT2D eigenvalue weighted by Gasteiger charge is 2.08. The molecule has 1 atom stereocenters. The van der Waals surface area contributed by atoms with E-state index in [1.165, 1.54) is 6.08 Å². The molecule has 0 heterocycles. The van der Waals surface area contributed by atoms with E-state index in [-0.39, 0.29) is 12.2 Å². The Balaban J connectivity index is 4.81. The number of rotatable bonds is 12. The molecule has 0 aromatic heterocycles. The number of hydrogen-bond acceptors (Lipinski definition) is 5. The molecule has 0 aromatic rings. The van der Waals surface area contributed by atoms with E-state index in [2.05, 4.69) is 18.4 Å². The van der Waals surface area contributed by atoms with Gasteiger partial charge < -0.3 is 20.1 Å². The van der Waals surface area contributed by atoms with Gasteiger partial charge in [-0.2, -0.15) is 5.26 Å². The maximum absolute atomic E-state index is 9.66. The average Bonchev–Trinajstić information content (AvgIpc) is 2.57. The number of nitriles is 1. The molecule has 0 amide bonds. The molecular weight excluding hydrogens is 296 g/mol. The van der Waals surface area contributed by atoms with Crippen molar-refractivity contribution in [2.24, 2.45) is 0 Å². The van der Waals surface area contributed by atoms with Crippen LogP contribution in [-0.4, -0.2) is 58.5 Å². The minimum absolute atomic E-state index is 0.0303. The molecule has 6 nitrogen and oxygen atoms in total. The number of unbranched alkanes of at least 4 members (excludes halogenated alkanes) is 2. The molecule has 0 aliphatic heterocycles. The van der Waals surface area contributed by atoms with Gasteiger partial charge in [-0.3, -0.25) is 0 Å². The van der Waals surface area contributed by atoms with E-state index in [0.29, 0.717) is 0 Å². The largest absolute Gasteiger partial charge is 0.480 e. The molecule has 23 heavy (non-hydrogen) atoms. The molecule has 130 valence electrons. The summed E-state index contributed by atoms with van der Waals surface area (Å²) in [5, 5.41) is 36.5. The predicted octanol–water partition coefficient (Wildman–Crippen LogP) is 1.89. The topological polar surface area (TPSA) is 96.7 Å². The number of allylic oxidation sites excluding steroid dienone is 3. The number of aliphatic hydroxyl groups excluding tert-OH is 3. The molecule has 0 fully saturated rings. The zero-order valence-electron chi connectivity index (χ0n) is 14.1. The fraction of sp³-hybridized carbons (Fsp3) is 0.647. The number of aliphatic hydroxyl groups is 3. The number of hydrogen-bond donors (Lipinski definition) is 3. The van der Waals surface area contributed by atoms with Crippen LogP contribution in [0.2, 0.25) is 0 Å². The Morgan fingerprint density at radius 2 is 1.87 bits per heavy atom. The highest BCUT2D eigenvalue weighted by Crippen LogP contribution is 2.04. The summed E-state index contributed by atoms with van der Waals surface area (Å²) in [6, 6.07) is 1.84. The SMILES string of the molecule is CCCC[N+](=CC=CC(C#N)=C(O)OCC(O)CO)CCCC. The predicted molar refractivity (Wildman–Crippen MR) is 89.3 cm³/mol. The second-order valence-electron chi connectivity index (χ2n) is 5.23. The molecule has 0 spiro atoms. The summed E-state index contributed by atoms with van der Waals surface area (Å²) in [4.78, 5) is 0. The Morgan fingerprint density at radius 3 is 2.35 bits per heavy atom. The van der Waals surface area contributed by atoms with Crippen LogP contribution in [0.3, 0.4) is 0 Å². The van der Waals surface area contributed by atoms with E-state index >= 15 is 0 Å².